The van der Waals surface area contributed by atoms with E-state index in [1.54, 1.807) is 13.1 Å². The molecule has 2 rings (SSSR count). The van der Waals surface area contributed by atoms with Crippen LogP contribution in [0, 0.1) is 6.92 Å². The van der Waals surface area contributed by atoms with Crippen molar-refractivity contribution in [3.63, 3.8) is 0 Å². The maximum atomic E-state index is 11.4. The average Bonchev–Trinajstić information content (AvgIpc) is 2.65. The van der Waals surface area contributed by atoms with Crippen LogP contribution in [0.4, 0.5) is 5.82 Å². The fourth-order valence-corrected chi connectivity index (χ4v) is 2.89. The predicted molar refractivity (Wildman–Crippen MR) is 101 cm³/mol. The second-order valence-electron chi connectivity index (χ2n) is 7.05. The molecule has 0 radical (unpaired) electrons. The molecular formula is C17H25BN2O3S. The highest BCUT2D eigenvalue weighted by atomic mass is 32.2. The molecule has 0 aromatic carbocycles. The topological polar surface area (TPSA) is 74.4 Å². The van der Waals surface area contributed by atoms with Crippen molar-refractivity contribution in [3.8, 4) is 0 Å². The Morgan fingerprint density at radius 2 is 1.92 bits per heavy atom. The number of nitrogens with zero attached hydrogens (tertiary/aromatic N) is 1. The highest BCUT2D eigenvalue weighted by Crippen LogP contribution is 2.39. The van der Waals surface area contributed by atoms with Crippen molar-refractivity contribution < 1.29 is 14.1 Å². The van der Waals surface area contributed by atoms with Crippen molar-refractivity contribution in [2.45, 2.75) is 52.7 Å². The molecule has 1 aromatic rings. The molecule has 5 nitrogen and oxygen atoms in total. The summed E-state index contributed by atoms with van der Waals surface area (Å²) in [7, 11) is -0.487. The Labute approximate surface area is 148 Å². The summed E-state index contributed by atoms with van der Waals surface area (Å²) < 4.78 is 12.3. The maximum absolute atomic E-state index is 11.4. The largest absolute Gasteiger partial charge is 0.491 e. The number of nitrogens with two attached hydrogens (primary N) is 1. The molecule has 1 aromatic heterocycles. The minimum atomic E-state index is -0.487. The van der Waals surface area contributed by atoms with Crippen LogP contribution in [0.2, 0.25) is 0 Å². The van der Waals surface area contributed by atoms with Gasteiger partial charge in [0.05, 0.1) is 11.2 Å². The molecule has 1 fully saturated rings. The summed E-state index contributed by atoms with van der Waals surface area (Å²) >= 11 is 1.24. The van der Waals surface area contributed by atoms with Gasteiger partial charge in [0.25, 0.3) is 0 Å². The van der Waals surface area contributed by atoms with Crippen molar-refractivity contribution in [3.05, 3.63) is 28.9 Å². The number of carbonyl (C=O) groups is 1. The van der Waals surface area contributed by atoms with E-state index in [2.05, 4.69) is 4.98 Å². The summed E-state index contributed by atoms with van der Waals surface area (Å²) in [5, 5.41) is 0.0598. The fraction of sp³-hybridized carbons (Fsp3) is 0.529. The Kier molecular flexibility index (Phi) is 5.47. The Morgan fingerprint density at radius 1 is 1.33 bits per heavy atom. The summed E-state index contributed by atoms with van der Waals surface area (Å²) in [5.41, 5.74) is 7.74. The van der Waals surface area contributed by atoms with Gasteiger partial charge >= 0.3 is 7.12 Å². The number of anilines is 1. The van der Waals surface area contributed by atoms with E-state index >= 15 is 0 Å². The van der Waals surface area contributed by atoms with Crippen LogP contribution in [0.1, 0.15) is 45.7 Å². The first-order chi connectivity index (χ1) is 11.0. The number of aryl methyl sites for hydroxylation is 1. The van der Waals surface area contributed by atoms with E-state index in [9.17, 15) is 4.79 Å². The zero-order chi connectivity index (χ0) is 18.1. The van der Waals surface area contributed by atoms with Crippen LogP contribution in [0.5, 0.6) is 0 Å². The summed E-state index contributed by atoms with van der Waals surface area (Å²) in [5.74, 6) is 0.996. The number of hydrogen-bond acceptors (Lipinski definition) is 6. The molecule has 0 unspecified atom stereocenters. The Morgan fingerprint density at radius 3 is 2.42 bits per heavy atom. The normalized spacial score (nSPS) is 19.6. The van der Waals surface area contributed by atoms with Gasteiger partial charge in [0.15, 0.2) is 5.12 Å². The Bertz CT molecular complexity index is 658. The van der Waals surface area contributed by atoms with Crippen molar-refractivity contribution in [1.29, 1.82) is 0 Å². The van der Waals surface area contributed by atoms with E-state index in [-0.39, 0.29) is 5.12 Å². The number of nitrogen functional groups attached to an aromatic ring is 1. The lowest BCUT2D eigenvalue weighted by Crippen LogP contribution is -2.41. The van der Waals surface area contributed by atoms with Crippen LogP contribution < -0.4 is 5.73 Å². The van der Waals surface area contributed by atoms with Crippen molar-refractivity contribution >= 4 is 35.9 Å². The van der Waals surface area contributed by atoms with Gasteiger partial charge in [-0.2, -0.15) is 0 Å². The first-order valence-corrected chi connectivity index (χ1v) is 8.92. The molecule has 0 saturated carbocycles. The number of aromatic nitrogens is 1. The van der Waals surface area contributed by atoms with Crippen LogP contribution in [-0.2, 0) is 14.1 Å². The van der Waals surface area contributed by atoms with Gasteiger partial charge in [-0.3, -0.25) is 4.79 Å². The van der Waals surface area contributed by atoms with Gasteiger partial charge in [-0.15, -0.1) is 0 Å². The molecule has 130 valence electrons. The zero-order valence-corrected chi connectivity index (χ0v) is 16.0. The lowest BCUT2D eigenvalue weighted by molar-refractivity contribution is -0.109. The van der Waals surface area contributed by atoms with Crippen LogP contribution in [-0.4, -0.2) is 34.2 Å². The van der Waals surface area contributed by atoms with Crippen LogP contribution in [0.15, 0.2) is 17.7 Å². The lowest BCUT2D eigenvalue weighted by atomic mass is 9.78. The van der Waals surface area contributed by atoms with Crippen LogP contribution in [0.25, 0.3) is 6.08 Å². The highest BCUT2D eigenvalue weighted by molar-refractivity contribution is 8.13. The molecule has 1 saturated heterocycles. The number of rotatable bonds is 4. The molecule has 1 aliphatic heterocycles. The summed E-state index contributed by atoms with van der Waals surface area (Å²) in [6, 6.07) is 1.83. The molecule has 24 heavy (non-hydrogen) atoms. The summed E-state index contributed by atoms with van der Waals surface area (Å²) in [6.45, 7) is 11.6. The van der Waals surface area contributed by atoms with Crippen molar-refractivity contribution in [1.82, 2.24) is 4.98 Å². The van der Waals surface area contributed by atoms with Gasteiger partial charge in [0.2, 0.25) is 0 Å². The third kappa shape index (κ3) is 4.20. The van der Waals surface area contributed by atoms with E-state index in [0.29, 0.717) is 11.6 Å². The first kappa shape index (κ1) is 19.0. The Balaban J connectivity index is 2.35. The minimum Gasteiger partial charge on any atom is -0.400 e. The SMILES string of the molecule is CC(=O)SCC(=Cc1cnc(N)cc1C)B1OC(C)(C)C(C)(C)O1. The van der Waals surface area contributed by atoms with Crippen LogP contribution in [0.3, 0.4) is 0 Å². The minimum absolute atomic E-state index is 0.0598. The van der Waals surface area contributed by atoms with E-state index < -0.39 is 18.3 Å². The predicted octanol–water partition coefficient (Wildman–Crippen LogP) is 3.27. The smallest absolute Gasteiger partial charge is 0.400 e. The molecule has 2 N–H and O–H groups in total. The van der Waals surface area contributed by atoms with Crippen molar-refractivity contribution in [2.75, 3.05) is 11.5 Å². The molecule has 1 aliphatic rings. The van der Waals surface area contributed by atoms with Crippen LogP contribution >= 0.6 is 11.8 Å². The van der Waals surface area contributed by atoms with E-state index in [1.807, 2.05) is 46.8 Å². The molecule has 0 spiro atoms. The zero-order valence-electron chi connectivity index (χ0n) is 15.2. The van der Waals surface area contributed by atoms with E-state index in [0.717, 1.165) is 16.6 Å². The van der Waals surface area contributed by atoms with Gasteiger partial charge in [-0.05, 0) is 57.3 Å². The second-order valence-corrected chi connectivity index (χ2v) is 8.21. The summed E-state index contributed by atoms with van der Waals surface area (Å²) in [4.78, 5) is 15.6. The highest BCUT2D eigenvalue weighted by Gasteiger charge is 2.52. The molecular weight excluding hydrogens is 323 g/mol. The van der Waals surface area contributed by atoms with Crippen molar-refractivity contribution in [2.24, 2.45) is 0 Å². The lowest BCUT2D eigenvalue weighted by Gasteiger charge is -2.32. The van der Waals surface area contributed by atoms with Gasteiger partial charge in [-0.25, -0.2) is 4.98 Å². The molecule has 0 bridgehead atoms. The van der Waals surface area contributed by atoms with Gasteiger partial charge in [-0.1, -0.05) is 17.8 Å². The number of pyridine rings is 1. The van der Waals surface area contributed by atoms with E-state index in [1.165, 1.54) is 11.8 Å². The number of carbonyl (C=O) groups excluding carboxylic acids is 1. The number of hydrogen-bond donors (Lipinski definition) is 1. The summed E-state index contributed by atoms with van der Waals surface area (Å²) in [6.07, 6.45) is 3.72. The van der Waals surface area contributed by atoms with Gasteiger partial charge < -0.3 is 15.0 Å². The first-order valence-electron chi connectivity index (χ1n) is 7.93. The maximum Gasteiger partial charge on any atom is 0.491 e. The molecule has 2 heterocycles. The Hall–Kier alpha value is -1.31. The third-order valence-corrected chi connectivity index (χ3v) is 5.40. The van der Waals surface area contributed by atoms with Gasteiger partial charge in [0.1, 0.15) is 5.82 Å². The molecule has 7 heteroatoms. The number of thioether (sulfide) groups is 1. The molecule has 0 atom stereocenters. The van der Waals surface area contributed by atoms with Gasteiger partial charge in [0, 0.05) is 18.9 Å². The quantitative estimate of drug-likeness (QED) is 0.842. The van der Waals surface area contributed by atoms with E-state index in [4.69, 9.17) is 15.0 Å². The monoisotopic (exact) mass is 348 g/mol. The average molecular weight is 348 g/mol. The second kappa shape index (κ2) is 6.90. The third-order valence-electron chi connectivity index (χ3n) is 4.51. The fourth-order valence-electron chi connectivity index (χ4n) is 2.30. The molecule has 0 amide bonds. The molecule has 0 aliphatic carbocycles. The standard InChI is InChI=1S/C17H25BN2O3S/c1-11-7-15(19)20-9-13(11)8-14(10-24-12(2)21)18-22-16(3,4)17(5,6)23-18/h7-9H,10H2,1-6H3,(H2,19,20).